The fourth-order valence-corrected chi connectivity index (χ4v) is 2.73. The van der Waals surface area contributed by atoms with Gasteiger partial charge in [0, 0.05) is 12.4 Å². The number of rotatable bonds is 3. The molecule has 0 aliphatic carbocycles. The SMILES string of the molecule is N#Cc1ccc(-c2cc(-c3ccccn3)nc(-c3ccccn3)c2)cc1. The van der Waals surface area contributed by atoms with E-state index in [-0.39, 0.29) is 0 Å². The van der Waals surface area contributed by atoms with Gasteiger partial charge < -0.3 is 0 Å². The van der Waals surface area contributed by atoms with Gasteiger partial charge in [-0.3, -0.25) is 9.97 Å². The zero-order chi connectivity index (χ0) is 17.8. The van der Waals surface area contributed by atoms with Crippen LogP contribution in [0.4, 0.5) is 0 Å². The molecule has 0 radical (unpaired) electrons. The molecule has 4 heteroatoms. The average molecular weight is 334 g/mol. The Kier molecular flexibility index (Phi) is 4.19. The lowest BCUT2D eigenvalue weighted by molar-refractivity contribution is 1.22. The minimum atomic E-state index is 0.637. The van der Waals surface area contributed by atoms with E-state index in [1.807, 2.05) is 72.8 Å². The van der Waals surface area contributed by atoms with Crippen molar-refractivity contribution in [3.05, 3.63) is 90.8 Å². The Bertz CT molecular complexity index is 1010. The molecule has 4 rings (SSSR count). The van der Waals surface area contributed by atoms with Gasteiger partial charge in [0.25, 0.3) is 0 Å². The van der Waals surface area contributed by atoms with Crippen LogP contribution in [0, 0.1) is 11.3 Å². The van der Waals surface area contributed by atoms with Crippen molar-refractivity contribution >= 4 is 0 Å². The van der Waals surface area contributed by atoms with Crippen LogP contribution in [-0.4, -0.2) is 15.0 Å². The molecular weight excluding hydrogens is 320 g/mol. The van der Waals surface area contributed by atoms with E-state index in [0.29, 0.717) is 5.56 Å². The van der Waals surface area contributed by atoms with Gasteiger partial charge in [0.2, 0.25) is 0 Å². The molecule has 1 aromatic carbocycles. The fourth-order valence-electron chi connectivity index (χ4n) is 2.73. The third-order valence-corrected chi connectivity index (χ3v) is 4.03. The van der Waals surface area contributed by atoms with Gasteiger partial charge in [-0.15, -0.1) is 0 Å². The maximum Gasteiger partial charge on any atom is 0.0991 e. The van der Waals surface area contributed by atoms with Crippen molar-refractivity contribution in [2.24, 2.45) is 0 Å². The van der Waals surface area contributed by atoms with Crippen LogP contribution in [0.1, 0.15) is 5.56 Å². The second-order valence-electron chi connectivity index (χ2n) is 5.75. The molecular formula is C22H14N4. The lowest BCUT2D eigenvalue weighted by atomic mass is 10.0. The van der Waals surface area contributed by atoms with Gasteiger partial charge in [-0.05, 0) is 59.7 Å². The Morgan fingerprint density at radius 1 is 0.615 bits per heavy atom. The highest BCUT2D eigenvalue weighted by Crippen LogP contribution is 2.28. The number of hydrogen-bond donors (Lipinski definition) is 0. The van der Waals surface area contributed by atoms with Crippen LogP contribution in [0.2, 0.25) is 0 Å². The highest BCUT2D eigenvalue weighted by atomic mass is 14.8. The molecule has 122 valence electrons. The van der Waals surface area contributed by atoms with Crippen LogP contribution in [0.15, 0.2) is 85.2 Å². The van der Waals surface area contributed by atoms with Gasteiger partial charge in [0.15, 0.2) is 0 Å². The lowest BCUT2D eigenvalue weighted by Gasteiger charge is -2.09. The molecule has 0 aliphatic rings. The summed E-state index contributed by atoms with van der Waals surface area (Å²) in [6, 6.07) is 25.2. The van der Waals surface area contributed by atoms with E-state index in [9.17, 15) is 0 Å². The first-order valence-corrected chi connectivity index (χ1v) is 8.19. The van der Waals surface area contributed by atoms with Gasteiger partial charge in [-0.25, -0.2) is 4.98 Å². The predicted octanol–water partition coefficient (Wildman–Crippen LogP) is 4.74. The molecule has 0 atom stereocenters. The van der Waals surface area contributed by atoms with Gasteiger partial charge in [0.05, 0.1) is 34.4 Å². The summed E-state index contributed by atoms with van der Waals surface area (Å²) in [5.74, 6) is 0. The monoisotopic (exact) mass is 334 g/mol. The summed E-state index contributed by atoms with van der Waals surface area (Å²) in [7, 11) is 0. The largest absolute Gasteiger partial charge is 0.255 e. The van der Waals surface area contributed by atoms with Crippen molar-refractivity contribution in [2.75, 3.05) is 0 Å². The minimum absolute atomic E-state index is 0.637. The van der Waals surface area contributed by atoms with Crippen molar-refractivity contribution in [3.63, 3.8) is 0 Å². The van der Waals surface area contributed by atoms with Crippen molar-refractivity contribution in [3.8, 4) is 40.0 Å². The third kappa shape index (κ3) is 3.19. The molecule has 0 spiro atoms. The summed E-state index contributed by atoms with van der Waals surface area (Å²) in [5.41, 5.74) is 5.84. The Morgan fingerprint density at radius 2 is 1.19 bits per heavy atom. The number of aromatic nitrogens is 3. The van der Waals surface area contributed by atoms with E-state index < -0.39 is 0 Å². The summed E-state index contributed by atoms with van der Waals surface area (Å²) in [4.78, 5) is 13.6. The number of nitriles is 1. The Balaban J connectivity index is 1.89. The van der Waals surface area contributed by atoms with E-state index in [1.54, 1.807) is 12.4 Å². The van der Waals surface area contributed by atoms with Crippen molar-refractivity contribution < 1.29 is 0 Å². The molecule has 0 N–H and O–H groups in total. The maximum atomic E-state index is 9.01. The molecule has 0 amide bonds. The molecule has 0 saturated heterocycles. The Labute approximate surface area is 151 Å². The second-order valence-corrected chi connectivity index (χ2v) is 5.75. The summed E-state index contributed by atoms with van der Waals surface area (Å²) in [6.07, 6.45) is 3.51. The standard InChI is InChI=1S/C22H14N4/c23-15-16-7-9-17(10-8-16)18-13-21(19-5-1-3-11-24-19)26-22(14-18)20-6-2-4-12-25-20/h1-14H. The van der Waals surface area contributed by atoms with Crippen molar-refractivity contribution in [1.82, 2.24) is 15.0 Å². The average Bonchev–Trinajstić information content (AvgIpc) is 2.75. The zero-order valence-corrected chi connectivity index (χ0v) is 13.9. The van der Waals surface area contributed by atoms with Crippen LogP contribution in [0.3, 0.4) is 0 Å². The second kappa shape index (κ2) is 6.96. The molecule has 0 aliphatic heterocycles. The first-order chi connectivity index (χ1) is 12.8. The van der Waals surface area contributed by atoms with Crippen LogP contribution in [-0.2, 0) is 0 Å². The van der Waals surface area contributed by atoms with E-state index >= 15 is 0 Å². The maximum absolute atomic E-state index is 9.01. The lowest BCUT2D eigenvalue weighted by Crippen LogP contribution is -1.93. The zero-order valence-electron chi connectivity index (χ0n) is 13.9. The topological polar surface area (TPSA) is 62.5 Å². The first-order valence-electron chi connectivity index (χ1n) is 8.19. The summed E-state index contributed by atoms with van der Waals surface area (Å²) in [5, 5.41) is 9.01. The van der Waals surface area contributed by atoms with E-state index in [2.05, 4.69) is 16.0 Å². The number of benzene rings is 1. The molecule has 4 nitrogen and oxygen atoms in total. The number of nitrogens with zero attached hydrogens (tertiary/aromatic N) is 4. The van der Waals surface area contributed by atoms with Gasteiger partial charge in [-0.2, -0.15) is 5.26 Å². The van der Waals surface area contributed by atoms with E-state index in [1.165, 1.54) is 0 Å². The number of hydrogen-bond acceptors (Lipinski definition) is 4. The first kappa shape index (κ1) is 15.7. The molecule has 0 saturated carbocycles. The minimum Gasteiger partial charge on any atom is -0.255 e. The normalized spacial score (nSPS) is 10.3. The fraction of sp³-hybridized carbons (Fsp3) is 0. The smallest absolute Gasteiger partial charge is 0.0991 e. The highest BCUT2D eigenvalue weighted by Gasteiger charge is 2.10. The quantitative estimate of drug-likeness (QED) is 0.542. The van der Waals surface area contributed by atoms with E-state index in [0.717, 1.165) is 33.9 Å². The summed E-state index contributed by atoms with van der Waals surface area (Å²) >= 11 is 0. The third-order valence-electron chi connectivity index (χ3n) is 4.03. The molecule has 3 aromatic heterocycles. The van der Waals surface area contributed by atoms with Gasteiger partial charge in [0.1, 0.15) is 0 Å². The summed E-state index contributed by atoms with van der Waals surface area (Å²) in [6.45, 7) is 0. The number of pyridine rings is 3. The van der Waals surface area contributed by atoms with Gasteiger partial charge in [-0.1, -0.05) is 24.3 Å². The summed E-state index contributed by atoms with van der Waals surface area (Å²) < 4.78 is 0. The van der Waals surface area contributed by atoms with Crippen LogP contribution >= 0.6 is 0 Å². The highest BCUT2D eigenvalue weighted by molar-refractivity contribution is 5.74. The molecule has 0 fully saturated rings. The van der Waals surface area contributed by atoms with Gasteiger partial charge >= 0.3 is 0 Å². The predicted molar refractivity (Wildman–Crippen MR) is 101 cm³/mol. The molecule has 0 unspecified atom stereocenters. The van der Waals surface area contributed by atoms with E-state index in [4.69, 9.17) is 10.2 Å². The Morgan fingerprint density at radius 3 is 1.65 bits per heavy atom. The van der Waals surface area contributed by atoms with Crippen LogP contribution in [0.5, 0.6) is 0 Å². The van der Waals surface area contributed by atoms with Crippen molar-refractivity contribution in [2.45, 2.75) is 0 Å². The van der Waals surface area contributed by atoms with Crippen molar-refractivity contribution in [1.29, 1.82) is 5.26 Å². The molecule has 0 bridgehead atoms. The molecule has 26 heavy (non-hydrogen) atoms. The van der Waals surface area contributed by atoms with Crippen LogP contribution < -0.4 is 0 Å². The van der Waals surface area contributed by atoms with Crippen LogP contribution in [0.25, 0.3) is 33.9 Å². The Hall–Kier alpha value is -3.84. The molecule has 3 heterocycles. The molecule has 4 aromatic rings.